The first-order chi connectivity index (χ1) is 10.8. The van der Waals surface area contributed by atoms with E-state index in [1.807, 2.05) is 12.1 Å². The van der Waals surface area contributed by atoms with Crippen molar-refractivity contribution in [3.05, 3.63) is 84.4 Å². The van der Waals surface area contributed by atoms with Gasteiger partial charge in [0.25, 0.3) is 0 Å². The van der Waals surface area contributed by atoms with Crippen LogP contribution >= 0.6 is 0 Å². The minimum absolute atomic E-state index is 0.979. The second-order valence-electron chi connectivity index (χ2n) is 5.46. The highest BCUT2D eigenvalue weighted by atomic mass is 15.1. The molecule has 1 aromatic heterocycles. The maximum Gasteiger partial charge on any atom is 0.145 e. The molecule has 0 saturated carbocycles. The molecule has 0 aliphatic carbocycles. The largest absolute Gasteiger partial charge is 0.292 e. The summed E-state index contributed by atoms with van der Waals surface area (Å²) in [5.41, 5.74) is 5.66. The van der Waals surface area contributed by atoms with Crippen LogP contribution in [0.5, 0.6) is 0 Å². The van der Waals surface area contributed by atoms with E-state index in [1.54, 1.807) is 0 Å². The van der Waals surface area contributed by atoms with Crippen LogP contribution in [0.3, 0.4) is 0 Å². The zero-order chi connectivity index (χ0) is 14.9. The fraction of sp³-hybridized carbons (Fsp3) is 0.0500. The van der Waals surface area contributed by atoms with Gasteiger partial charge in [0.2, 0.25) is 0 Å². The zero-order valence-corrected chi connectivity index (χ0v) is 12.4. The number of rotatable bonds is 2. The third-order valence-corrected chi connectivity index (χ3v) is 3.85. The molecule has 22 heavy (non-hydrogen) atoms. The van der Waals surface area contributed by atoms with Gasteiger partial charge in [0.15, 0.2) is 0 Å². The minimum atomic E-state index is 0.979. The number of aryl methyl sites for hydroxylation is 1. The number of imidazole rings is 1. The molecule has 0 atom stereocenters. The van der Waals surface area contributed by atoms with Crippen molar-refractivity contribution in [1.29, 1.82) is 0 Å². The number of para-hydroxylation sites is 2. The lowest BCUT2D eigenvalue weighted by Crippen LogP contribution is -1.97. The predicted octanol–water partition coefficient (Wildman–Crippen LogP) is 5.00. The number of hydrogen-bond donors (Lipinski definition) is 0. The second kappa shape index (κ2) is 5.15. The van der Waals surface area contributed by atoms with Crippen LogP contribution in [0.1, 0.15) is 5.56 Å². The Morgan fingerprint density at radius 1 is 0.773 bits per heavy atom. The van der Waals surface area contributed by atoms with Gasteiger partial charge in [-0.25, -0.2) is 4.98 Å². The average Bonchev–Trinajstić information content (AvgIpc) is 2.95. The number of benzene rings is 3. The van der Waals surface area contributed by atoms with Crippen LogP contribution in [0, 0.1) is 6.92 Å². The van der Waals surface area contributed by atoms with Gasteiger partial charge < -0.3 is 0 Å². The Morgan fingerprint density at radius 3 is 2.36 bits per heavy atom. The van der Waals surface area contributed by atoms with Gasteiger partial charge in [-0.2, -0.15) is 0 Å². The topological polar surface area (TPSA) is 17.8 Å². The molecule has 3 aromatic carbocycles. The van der Waals surface area contributed by atoms with Crippen LogP contribution in [0.25, 0.3) is 28.1 Å². The Bertz CT molecular complexity index is 936. The minimum Gasteiger partial charge on any atom is -0.292 e. The lowest BCUT2D eigenvalue weighted by molar-refractivity contribution is 1.10. The molecular weight excluding hydrogens is 268 g/mol. The Kier molecular flexibility index (Phi) is 3.01. The molecule has 0 aliphatic heterocycles. The second-order valence-corrected chi connectivity index (χ2v) is 5.46. The van der Waals surface area contributed by atoms with Gasteiger partial charge in [-0.05, 0) is 36.8 Å². The summed E-state index contributed by atoms with van der Waals surface area (Å²) >= 11 is 0. The van der Waals surface area contributed by atoms with E-state index in [-0.39, 0.29) is 0 Å². The van der Waals surface area contributed by atoms with Crippen LogP contribution in [0.15, 0.2) is 78.9 Å². The summed E-state index contributed by atoms with van der Waals surface area (Å²) in [6, 6.07) is 27.2. The zero-order valence-electron chi connectivity index (χ0n) is 12.4. The Morgan fingerprint density at radius 2 is 1.55 bits per heavy atom. The van der Waals surface area contributed by atoms with E-state index in [9.17, 15) is 0 Å². The molecule has 4 aromatic rings. The molecule has 106 valence electrons. The fourth-order valence-electron chi connectivity index (χ4n) is 2.84. The van der Waals surface area contributed by atoms with E-state index in [4.69, 9.17) is 4.98 Å². The van der Waals surface area contributed by atoms with E-state index in [1.165, 1.54) is 5.56 Å². The van der Waals surface area contributed by atoms with Crippen molar-refractivity contribution < 1.29 is 0 Å². The van der Waals surface area contributed by atoms with Crippen LogP contribution in [0.2, 0.25) is 0 Å². The summed E-state index contributed by atoms with van der Waals surface area (Å²) in [6.07, 6.45) is 0. The standard InChI is InChI=1S/C20H16N2/c1-15-8-7-11-17(14-15)22-19-13-6-5-12-18(19)21-20(22)16-9-3-2-4-10-16/h2-14H,1H3. The quantitative estimate of drug-likeness (QED) is 0.506. The third kappa shape index (κ3) is 2.09. The maximum atomic E-state index is 4.85. The summed E-state index contributed by atoms with van der Waals surface area (Å²) in [4.78, 5) is 4.85. The Labute approximate surface area is 129 Å². The molecular formula is C20H16N2. The van der Waals surface area contributed by atoms with Crippen LogP contribution < -0.4 is 0 Å². The van der Waals surface area contributed by atoms with Crippen LogP contribution in [0.4, 0.5) is 0 Å². The maximum absolute atomic E-state index is 4.85. The summed E-state index contributed by atoms with van der Waals surface area (Å²) in [6.45, 7) is 2.12. The summed E-state index contributed by atoms with van der Waals surface area (Å²) in [7, 11) is 0. The lowest BCUT2D eigenvalue weighted by atomic mass is 10.2. The Hall–Kier alpha value is -2.87. The molecule has 0 unspecified atom stereocenters. The van der Waals surface area contributed by atoms with Crippen molar-refractivity contribution >= 4 is 11.0 Å². The molecule has 0 aliphatic rings. The molecule has 2 heteroatoms. The highest BCUT2D eigenvalue weighted by Crippen LogP contribution is 2.28. The SMILES string of the molecule is Cc1cccc(-n2c(-c3ccccc3)nc3ccccc32)c1. The van der Waals surface area contributed by atoms with E-state index >= 15 is 0 Å². The van der Waals surface area contributed by atoms with E-state index in [0.29, 0.717) is 0 Å². The van der Waals surface area contributed by atoms with Crippen molar-refractivity contribution in [3.8, 4) is 17.1 Å². The molecule has 0 N–H and O–H groups in total. The molecule has 0 bridgehead atoms. The average molecular weight is 284 g/mol. The van der Waals surface area contributed by atoms with Gasteiger partial charge in [0.1, 0.15) is 5.82 Å². The fourth-order valence-corrected chi connectivity index (χ4v) is 2.84. The number of nitrogens with zero attached hydrogens (tertiary/aromatic N) is 2. The van der Waals surface area contributed by atoms with Crippen molar-refractivity contribution in [1.82, 2.24) is 9.55 Å². The lowest BCUT2D eigenvalue weighted by Gasteiger charge is -2.10. The van der Waals surface area contributed by atoms with Crippen molar-refractivity contribution in [2.75, 3.05) is 0 Å². The van der Waals surface area contributed by atoms with Crippen LogP contribution in [-0.4, -0.2) is 9.55 Å². The van der Waals surface area contributed by atoms with Gasteiger partial charge in [0, 0.05) is 11.3 Å². The predicted molar refractivity (Wildman–Crippen MR) is 91.2 cm³/mol. The Balaban J connectivity index is 2.07. The van der Waals surface area contributed by atoms with Crippen molar-refractivity contribution in [3.63, 3.8) is 0 Å². The van der Waals surface area contributed by atoms with Crippen molar-refractivity contribution in [2.45, 2.75) is 6.92 Å². The molecule has 0 fully saturated rings. The van der Waals surface area contributed by atoms with Gasteiger partial charge in [0.05, 0.1) is 11.0 Å². The van der Waals surface area contributed by atoms with E-state index in [0.717, 1.165) is 28.1 Å². The third-order valence-electron chi connectivity index (χ3n) is 3.85. The van der Waals surface area contributed by atoms with E-state index in [2.05, 4.69) is 78.2 Å². The summed E-state index contributed by atoms with van der Waals surface area (Å²) in [5, 5.41) is 0. The monoisotopic (exact) mass is 284 g/mol. The molecule has 0 saturated heterocycles. The summed E-state index contributed by atoms with van der Waals surface area (Å²) < 4.78 is 2.23. The number of hydrogen-bond acceptors (Lipinski definition) is 1. The van der Waals surface area contributed by atoms with Gasteiger partial charge >= 0.3 is 0 Å². The summed E-state index contributed by atoms with van der Waals surface area (Å²) in [5.74, 6) is 0.979. The first-order valence-electron chi connectivity index (χ1n) is 7.43. The molecule has 0 spiro atoms. The molecule has 2 nitrogen and oxygen atoms in total. The van der Waals surface area contributed by atoms with Crippen LogP contribution in [-0.2, 0) is 0 Å². The van der Waals surface area contributed by atoms with Gasteiger partial charge in [-0.3, -0.25) is 4.57 Å². The smallest absolute Gasteiger partial charge is 0.145 e. The molecule has 0 radical (unpaired) electrons. The first-order valence-corrected chi connectivity index (χ1v) is 7.43. The molecule has 0 amide bonds. The van der Waals surface area contributed by atoms with Gasteiger partial charge in [-0.15, -0.1) is 0 Å². The highest BCUT2D eigenvalue weighted by molar-refractivity contribution is 5.83. The number of aromatic nitrogens is 2. The van der Waals surface area contributed by atoms with E-state index < -0.39 is 0 Å². The highest BCUT2D eigenvalue weighted by Gasteiger charge is 2.13. The first kappa shape index (κ1) is 12.8. The molecule has 4 rings (SSSR count). The normalized spacial score (nSPS) is 11.0. The molecule has 1 heterocycles. The number of fused-ring (bicyclic) bond motifs is 1. The van der Waals surface area contributed by atoms with Gasteiger partial charge in [-0.1, -0.05) is 54.6 Å². The van der Waals surface area contributed by atoms with Crippen molar-refractivity contribution in [2.24, 2.45) is 0 Å².